The van der Waals surface area contributed by atoms with Crippen molar-refractivity contribution in [3.8, 4) is 0 Å². The van der Waals surface area contributed by atoms with Crippen LogP contribution in [0, 0.1) is 5.82 Å². The molecule has 4 heteroatoms. The van der Waals surface area contributed by atoms with E-state index in [1.54, 1.807) is 6.07 Å². The van der Waals surface area contributed by atoms with Gasteiger partial charge in [-0.25, -0.2) is 4.39 Å². The lowest BCUT2D eigenvalue weighted by atomic mass is 10.1. The van der Waals surface area contributed by atoms with E-state index >= 15 is 0 Å². The van der Waals surface area contributed by atoms with Gasteiger partial charge in [0.15, 0.2) is 0 Å². The van der Waals surface area contributed by atoms with Crippen LogP contribution in [0.25, 0.3) is 0 Å². The lowest BCUT2D eigenvalue weighted by molar-refractivity contribution is -0.123. The van der Waals surface area contributed by atoms with Gasteiger partial charge in [-0.15, -0.1) is 0 Å². The third kappa shape index (κ3) is 3.98. The van der Waals surface area contributed by atoms with Crippen LogP contribution in [0.1, 0.15) is 31.9 Å². The summed E-state index contributed by atoms with van der Waals surface area (Å²) in [5, 5.41) is 12.4. The highest BCUT2D eigenvalue weighted by Crippen LogP contribution is 2.17. The first-order chi connectivity index (χ1) is 7.49. The van der Waals surface area contributed by atoms with Crippen LogP contribution >= 0.6 is 0 Å². The first-order valence-corrected chi connectivity index (χ1v) is 5.22. The summed E-state index contributed by atoms with van der Waals surface area (Å²) in [5.41, 5.74) is 0.416. The van der Waals surface area contributed by atoms with E-state index in [-0.39, 0.29) is 18.4 Å². The Kier molecular flexibility index (Phi) is 4.43. The Morgan fingerprint density at radius 2 is 2.19 bits per heavy atom. The monoisotopic (exact) mass is 225 g/mol. The predicted octanol–water partition coefficient (Wildman–Crippen LogP) is 1.77. The second kappa shape index (κ2) is 5.61. The van der Waals surface area contributed by atoms with Gasteiger partial charge >= 0.3 is 0 Å². The van der Waals surface area contributed by atoms with E-state index in [2.05, 4.69) is 5.32 Å². The number of carbonyl (C=O) groups is 1. The van der Waals surface area contributed by atoms with Crippen LogP contribution in [0.3, 0.4) is 0 Å². The summed E-state index contributed by atoms with van der Waals surface area (Å²) in [5.74, 6) is -0.660. The van der Waals surface area contributed by atoms with Crippen molar-refractivity contribution in [1.29, 1.82) is 0 Å². The number of benzene rings is 1. The summed E-state index contributed by atoms with van der Waals surface area (Å²) in [6.07, 6.45) is -1.02. The molecule has 0 saturated heterocycles. The average molecular weight is 225 g/mol. The fourth-order valence-electron chi connectivity index (χ4n) is 1.39. The van der Waals surface area contributed by atoms with E-state index in [1.165, 1.54) is 18.2 Å². The molecule has 1 rings (SSSR count). The summed E-state index contributed by atoms with van der Waals surface area (Å²) in [7, 11) is 0. The molecule has 0 heterocycles. The number of halogens is 1. The van der Waals surface area contributed by atoms with Gasteiger partial charge in [-0.05, 0) is 31.5 Å². The minimum absolute atomic E-state index is 0.0345. The predicted molar refractivity (Wildman–Crippen MR) is 59.3 cm³/mol. The number of hydrogen-bond donors (Lipinski definition) is 2. The highest BCUT2D eigenvalue weighted by Gasteiger charge is 2.13. The van der Waals surface area contributed by atoms with Crippen LogP contribution in [0.2, 0.25) is 0 Å². The molecule has 0 bridgehead atoms. The molecule has 0 fully saturated rings. The second-order valence-electron chi connectivity index (χ2n) is 4.00. The molecular weight excluding hydrogens is 209 g/mol. The third-order valence-corrected chi connectivity index (χ3v) is 2.06. The molecule has 0 aliphatic carbocycles. The minimum atomic E-state index is -0.963. The van der Waals surface area contributed by atoms with Crippen LogP contribution in [-0.4, -0.2) is 17.1 Å². The Morgan fingerprint density at radius 3 is 2.75 bits per heavy atom. The van der Waals surface area contributed by atoms with Gasteiger partial charge < -0.3 is 10.4 Å². The van der Waals surface area contributed by atoms with Gasteiger partial charge in [0, 0.05) is 6.04 Å². The molecule has 16 heavy (non-hydrogen) atoms. The van der Waals surface area contributed by atoms with E-state index in [9.17, 15) is 14.3 Å². The van der Waals surface area contributed by atoms with Crippen molar-refractivity contribution in [1.82, 2.24) is 5.32 Å². The van der Waals surface area contributed by atoms with Crippen molar-refractivity contribution >= 4 is 5.91 Å². The normalized spacial score (nSPS) is 12.6. The van der Waals surface area contributed by atoms with Crippen molar-refractivity contribution in [2.75, 3.05) is 0 Å². The number of aliphatic hydroxyl groups is 1. The Labute approximate surface area is 94.3 Å². The van der Waals surface area contributed by atoms with E-state index in [4.69, 9.17) is 0 Å². The summed E-state index contributed by atoms with van der Waals surface area (Å²) in [6.45, 7) is 3.68. The van der Waals surface area contributed by atoms with Gasteiger partial charge in [-0.2, -0.15) is 0 Å². The summed E-state index contributed by atoms with van der Waals surface area (Å²) < 4.78 is 12.9. The minimum Gasteiger partial charge on any atom is -0.388 e. The van der Waals surface area contributed by atoms with E-state index in [0.29, 0.717) is 5.56 Å². The van der Waals surface area contributed by atoms with Crippen LogP contribution in [-0.2, 0) is 4.79 Å². The maximum atomic E-state index is 12.9. The SMILES string of the molecule is CC(C)NC(=O)CC(O)c1cccc(F)c1. The van der Waals surface area contributed by atoms with Crippen LogP contribution in [0.5, 0.6) is 0 Å². The number of carbonyl (C=O) groups excluding carboxylic acids is 1. The molecule has 0 saturated carbocycles. The number of hydrogen-bond acceptors (Lipinski definition) is 2. The summed E-state index contributed by atoms with van der Waals surface area (Å²) in [4.78, 5) is 11.4. The van der Waals surface area contributed by atoms with Gasteiger partial charge in [0.2, 0.25) is 5.91 Å². The van der Waals surface area contributed by atoms with Gasteiger partial charge in [0.05, 0.1) is 12.5 Å². The molecular formula is C12H16FNO2. The first-order valence-electron chi connectivity index (χ1n) is 5.22. The van der Waals surface area contributed by atoms with Crippen molar-refractivity contribution in [2.24, 2.45) is 0 Å². The smallest absolute Gasteiger partial charge is 0.223 e. The number of rotatable bonds is 4. The van der Waals surface area contributed by atoms with Crippen molar-refractivity contribution in [3.05, 3.63) is 35.6 Å². The van der Waals surface area contributed by atoms with Crippen molar-refractivity contribution in [2.45, 2.75) is 32.4 Å². The highest BCUT2D eigenvalue weighted by atomic mass is 19.1. The number of nitrogens with one attached hydrogen (secondary N) is 1. The lowest BCUT2D eigenvalue weighted by Crippen LogP contribution is -2.31. The van der Waals surface area contributed by atoms with E-state index in [0.717, 1.165) is 0 Å². The highest BCUT2D eigenvalue weighted by molar-refractivity contribution is 5.76. The quantitative estimate of drug-likeness (QED) is 0.820. The van der Waals surface area contributed by atoms with Crippen molar-refractivity contribution in [3.63, 3.8) is 0 Å². The zero-order valence-electron chi connectivity index (χ0n) is 9.40. The average Bonchev–Trinajstić information content (AvgIpc) is 2.16. The molecule has 0 spiro atoms. The molecule has 0 aliphatic rings. The fraction of sp³-hybridized carbons (Fsp3) is 0.417. The zero-order chi connectivity index (χ0) is 12.1. The first kappa shape index (κ1) is 12.6. The maximum absolute atomic E-state index is 12.9. The largest absolute Gasteiger partial charge is 0.388 e. The molecule has 1 atom stereocenters. The Bertz CT molecular complexity index is 366. The maximum Gasteiger partial charge on any atom is 0.223 e. The van der Waals surface area contributed by atoms with Crippen LogP contribution in [0.15, 0.2) is 24.3 Å². The summed E-state index contributed by atoms with van der Waals surface area (Å²) >= 11 is 0. The molecule has 0 radical (unpaired) electrons. The standard InChI is InChI=1S/C12H16FNO2/c1-8(2)14-12(16)7-11(15)9-4-3-5-10(13)6-9/h3-6,8,11,15H,7H2,1-2H3,(H,14,16). The van der Waals surface area contributed by atoms with E-state index in [1.807, 2.05) is 13.8 Å². The zero-order valence-corrected chi connectivity index (χ0v) is 9.40. The van der Waals surface area contributed by atoms with Crippen LogP contribution < -0.4 is 5.32 Å². The molecule has 3 nitrogen and oxygen atoms in total. The van der Waals surface area contributed by atoms with Gasteiger partial charge in [-0.1, -0.05) is 12.1 Å². The molecule has 2 N–H and O–H groups in total. The fourth-order valence-corrected chi connectivity index (χ4v) is 1.39. The molecule has 1 amide bonds. The topological polar surface area (TPSA) is 49.3 Å². The number of aliphatic hydroxyl groups excluding tert-OH is 1. The molecule has 0 aromatic heterocycles. The van der Waals surface area contributed by atoms with E-state index < -0.39 is 11.9 Å². The Balaban J connectivity index is 2.58. The number of amides is 1. The lowest BCUT2D eigenvalue weighted by Gasteiger charge is -2.13. The van der Waals surface area contributed by atoms with Gasteiger partial charge in [-0.3, -0.25) is 4.79 Å². The molecule has 1 unspecified atom stereocenters. The van der Waals surface area contributed by atoms with Gasteiger partial charge in [0.25, 0.3) is 0 Å². The van der Waals surface area contributed by atoms with Crippen molar-refractivity contribution < 1.29 is 14.3 Å². The Hall–Kier alpha value is -1.42. The van der Waals surface area contributed by atoms with Gasteiger partial charge in [0.1, 0.15) is 5.82 Å². The molecule has 1 aromatic carbocycles. The molecule has 0 aliphatic heterocycles. The molecule has 88 valence electrons. The third-order valence-electron chi connectivity index (χ3n) is 2.06. The molecule has 1 aromatic rings. The summed E-state index contributed by atoms with van der Waals surface area (Å²) in [6, 6.07) is 5.66. The Morgan fingerprint density at radius 1 is 1.50 bits per heavy atom. The van der Waals surface area contributed by atoms with Crippen LogP contribution in [0.4, 0.5) is 4.39 Å². The second-order valence-corrected chi connectivity index (χ2v) is 4.00.